The SMILES string of the molecule is COc1ccc2c(c1)OCC(/C=C1\N=C(c3ccc(OC(F)F)c(OC)c3)OC1=O)=C2. The van der Waals surface area contributed by atoms with Crippen molar-refractivity contribution in [2.45, 2.75) is 6.61 Å². The maximum absolute atomic E-state index is 12.5. The first-order valence-electron chi connectivity index (χ1n) is 9.14. The average molecular weight is 429 g/mol. The van der Waals surface area contributed by atoms with Gasteiger partial charge in [0.25, 0.3) is 0 Å². The number of hydrogen-bond acceptors (Lipinski definition) is 7. The maximum Gasteiger partial charge on any atom is 0.387 e. The van der Waals surface area contributed by atoms with E-state index in [2.05, 4.69) is 9.73 Å². The van der Waals surface area contributed by atoms with Gasteiger partial charge in [-0.15, -0.1) is 0 Å². The maximum atomic E-state index is 12.5. The number of halogens is 2. The lowest BCUT2D eigenvalue weighted by atomic mass is 10.1. The van der Waals surface area contributed by atoms with Crippen molar-refractivity contribution < 1.29 is 37.3 Å². The molecule has 0 unspecified atom stereocenters. The van der Waals surface area contributed by atoms with Crippen LogP contribution >= 0.6 is 0 Å². The highest BCUT2D eigenvalue weighted by molar-refractivity contribution is 6.11. The Morgan fingerprint density at radius 2 is 1.94 bits per heavy atom. The van der Waals surface area contributed by atoms with E-state index in [4.69, 9.17) is 18.9 Å². The van der Waals surface area contributed by atoms with Gasteiger partial charge in [-0.3, -0.25) is 0 Å². The van der Waals surface area contributed by atoms with Crippen LogP contribution < -0.4 is 18.9 Å². The van der Waals surface area contributed by atoms with E-state index >= 15 is 0 Å². The topological polar surface area (TPSA) is 75.6 Å². The molecule has 0 aliphatic carbocycles. The summed E-state index contributed by atoms with van der Waals surface area (Å²) in [7, 11) is 2.89. The van der Waals surface area contributed by atoms with E-state index in [9.17, 15) is 13.6 Å². The molecule has 0 aromatic heterocycles. The molecule has 2 aromatic carbocycles. The fraction of sp³-hybridized carbons (Fsp3) is 0.182. The number of esters is 1. The average Bonchev–Trinajstić information content (AvgIpc) is 3.13. The molecule has 0 atom stereocenters. The third-order valence-electron chi connectivity index (χ3n) is 4.53. The van der Waals surface area contributed by atoms with Gasteiger partial charge in [0.2, 0.25) is 5.90 Å². The van der Waals surface area contributed by atoms with Gasteiger partial charge in [-0.25, -0.2) is 9.79 Å². The van der Waals surface area contributed by atoms with Gasteiger partial charge in [0.15, 0.2) is 17.2 Å². The van der Waals surface area contributed by atoms with Crippen molar-refractivity contribution >= 4 is 17.9 Å². The second kappa shape index (κ2) is 8.47. The molecule has 0 saturated carbocycles. The first kappa shape index (κ1) is 20.4. The molecule has 0 radical (unpaired) electrons. The van der Waals surface area contributed by atoms with Gasteiger partial charge in [-0.1, -0.05) is 0 Å². The van der Waals surface area contributed by atoms with E-state index in [0.29, 0.717) is 17.1 Å². The molecule has 2 aliphatic heterocycles. The summed E-state index contributed by atoms with van der Waals surface area (Å²) in [6.45, 7) is -2.75. The lowest BCUT2D eigenvalue weighted by Crippen LogP contribution is -2.08. The van der Waals surface area contributed by atoms with Crippen LogP contribution in [0.2, 0.25) is 0 Å². The summed E-state index contributed by atoms with van der Waals surface area (Å²) in [5.74, 6) is 0.677. The molecule has 0 amide bonds. The number of fused-ring (bicyclic) bond motifs is 1. The lowest BCUT2D eigenvalue weighted by Gasteiger charge is -2.16. The number of alkyl halides is 2. The number of carbonyl (C=O) groups is 1. The minimum absolute atomic E-state index is 0.0283. The van der Waals surface area contributed by atoms with Crippen LogP contribution in [0.1, 0.15) is 11.1 Å². The van der Waals surface area contributed by atoms with Crippen molar-refractivity contribution in [3.8, 4) is 23.0 Å². The molecular formula is C22H17F2NO6. The molecule has 160 valence electrons. The number of ether oxygens (including phenoxy) is 5. The Labute approximate surface area is 176 Å². The quantitative estimate of drug-likeness (QED) is 0.511. The van der Waals surface area contributed by atoms with Gasteiger partial charge >= 0.3 is 12.6 Å². The van der Waals surface area contributed by atoms with Gasteiger partial charge in [0, 0.05) is 17.2 Å². The predicted octanol–water partition coefficient (Wildman–Crippen LogP) is 3.97. The van der Waals surface area contributed by atoms with Crippen molar-refractivity contribution in [1.82, 2.24) is 0 Å². The fourth-order valence-electron chi connectivity index (χ4n) is 3.07. The van der Waals surface area contributed by atoms with Crippen LogP contribution in [0, 0.1) is 0 Å². The van der Waals surface area contributed by atoms with Crippen molar-refractivity contribution in [2.75, 3.05) is 20.8 Å². The van der Waals surface area contributed by atoms with Crippen LogP contribution in [0.15, 0.2) is 58.7 Å². The summed E-state index contributed by atoms with van der Waals surface area (Å²) >= 11 is 0. The number of methoxy groups -OCH3 is 2. The number of benzene rings is 2. The number of carbonyl (C=O) groups excluding carboxylic acids is 1. The molecule has 9 heteroatoms. The Morgan fingerprint density at radius 1 is 1.10 bits per heavy atom. The van der Waals surface area contributed by atoms with E-state index in [1.807, 2.05) is 18.2 Å². The number of aliphatic imine (C=N–C) groups is 1. The Bertz CT molecular complexity index is 1120. The molecule has 0 saturated heterocycles. The van der Waals surface area contributed by atoms with E-state index in [1.54, 1.807) is 19.3 Å². The highest BCUT2D eigenvalue weighted by Gasteiger charge is 2.26. The highest BCUT2D eigenvalue weighted by Crippen LogP contribution is 2.33. The van der Waals surface area contributed by atoms with Gasteiger partial charge in [0.05, 0.1) is 14.2 Å². The Kier molecular flexibility index (Phi) is 5.57. The number of hydrogen-bond donors (Lipinski definition) is 0. The van der Waals surface area contributed by atoms with E-state index in [-0.39, 0.29) is 29.7 Å². The number of nitrogens with zero attached hydrogens (tertiary/aromatic N) is 1. The van der Waals surface area contributed by atoms with Crippen LogP contribution in [0.25, 0.3) is 6.08 Å². The molecule has 7 nitrogen and oxygen atoms in total. The van der Waals surface area contributed by atoms with Crippen LogP contribution in [0.4, 0.5) is 8.78 Å². The molecule has 0 spiro atoms. The standard InChI is InChI=1S/C22H17F2NO6/c1-27-15-5-3-13-7-12(11-29-18(13)10-15)8-16-21(26)31-20(25-16)14-4-6-17(30-22(23)24)19(9-14)28-2/h3-10,22H,11H2,1-2H3/b16-8-. The van der Waals surface area contributed by atoms with Gasteiger partial charge in [-0.05, 0) is 48.1 Å². The monoisotopic (exact) mass is 429 g/mol. The first-order valence-corrected chi connectivity index (χ1v) is 9.14. The van der Waals surface area contributed by atoms with Crippen molar-refractivity contribution in [1.29, 1.82) is 0 Å². The molecular weight excluding hydrogens is 412 g/mol. The van der Waals surface area contributed by atoms with Crippen LogP contribution in [0.5, 0.6) is 23.0 Å². The van der Waals surface area contributed by atoms with Gasteiger partial charge in [0.1, 0.15) is 18.1 Å². The Morgan fingerprint density at radius 3 is 2.68 bits per heavy atom. The molecule has 0 fully saturated rings. The molecule has 31 heavy (non-hydrogen) atoms. The summed E-state index contributed by atoms with van der Waals surface area (Å²) in [6.07, 6.45) is 3.46. The zero-order chi connectivity index (χ0) is 22.0. The van der Waals surface area contributed by atoms with E-state index in [0.717, 1.165) is 11.1 Å². The normalized spacial score (nSPS) is 16.3. The van der Waals surface area contributed by atoms with Crippen molar-refractivity contribution in [2.24, 2.45) is 4.99 Å². The zero-order valence-corrected chi connectivity index (χ0v) is 16.6. The minimum Gasteiger partial charge on any atom is -0.497 e. The van der Waals surface area contributed by atoms with Crippen molar-refractivity contribution in [3.63, 3.8) is 0 Å². The summed E-state index contributed by atoms with van der Waals surface area (Å²) in [5.41, 5.74) is 2.04. The summed E-state index contributed by atoms with van der Waals surface area (Å²) < 4.78 is 50.6. The molecule has 0 N–H and O–H groups in total. The second-order valence-electron chi connectivity index (χ2n) is 6.49. The molecule has 2 heterocycles. The number of cyclic esters (lactones) is 1. The van der Waals surface area contributed by atoms with Crippen LogP contribution in [0.3, 0.4) is 0 Å². The molecule has 2 aliphatic rings. The highest BCUT2D eigenvalue weighted by atomic mass is 19.3. The summed E-state index contributed by atoms with van der Waals surface area (Å²) in [4.78, 5) is 16.5. The first-order chi connectivity index (χ1) is 15.0. The van der Waals surface area contributed by atoms with E-state index in [1.165, 1.54) is 25.3 Å². The molecule has 2 aromatic rings. The largest absolute Gasteiger partial charge is 0.497 e. The zero-order valence-electron chi connectivity index (χ0n) is 16.6. The fourth-order valence-corrected chi connectivity index (χ4v) is 3.07. The second-order valence-corrected chi connectivity index (χ2v) is 6.49. The molecule has 4 rings (SSSR count). The number of rotatable bonds is 6. The minimum atomic E-state index is -2.99. The van der Waals surface area contributed by atoms with Crippen LogP contribution in [-0.4, -0.2) is 39.3 Å². The van der Waals surface area contributed by atoms with E-state index < -0.39 is 12.6 Å². The smallest absolute Gasteiger partial charge is 0.387 e. The summed E-state index contributed by atoms with van der Waals surface area (Å²) in [6, 6.07) is 9.58. The van der Waals surface area contributed by atoms with Crippen LogP contribution in [-0.2, 0) is 9.53 Å². The third-order valence-corrected chi connectivity index (χ3v) is 4.53. The third kappa shape index (κ3) is 4.35. The Balaban J connectivity index is 1.60. The molecule has 0 bridgehead atoms. The van der Waals surface area contributed by atoms with Gasteiger partial charge in [-0.2, -0.15) is 8.78 Å². The summed E-state index contributed by atoms with van der Waals surface area (Å²) in [5, 5.41) is 0. The van der Waals surface area contributed by atoms with Gasteiger partial charge < -0.3 is 23.7 Å². The Hall–Kier alpha value is -3.88. The lowest BCUT2D eigenvalue weighted by molar-refractivity contribution is -0.130. The predicted molar refractivity (Wildman–Crippen MR) is 107 cm³/mol. The van der Waals surface area contributed by atoms with Crippen molar-refractivity contribution in [3.05, 3.63) is 64.9 Å².